The predicted octanol–water partition coefficient (Wildman–Crippen LogP) is 2.11. The Labute approximate surface area is 126 Å². The van der Waals surface area contributed by atoms with Crippen LogP contribution in [-0.4, -0.2) is 35.8 Å². The van der Waals surface area contributed by atoms with Crippen molar-refractivity contribution in [3.05, 3.63) is 35.9 Å². The van der Waals surface area contributed by atoms with Gasteiger partial charge in [-0.15, -0.1) is 12.3 Å². The lowest BCUT2D eigenvalue weighted by molar-refractivity contribution is -0.157. The summed E-state index contributed by atoms with van der Waals surface area (Å²) in [5.74, 6) is 1.71. The van der Waals surface area contributed by atoms with Crippen LogP contribution < -0.4 is 0 Å². The van der Waals surface area contributed by atoms with E-state index in [1.807, 2.05) is 44.2 Å². The van der Waals surface area contributed by atoms with Gasteiger partial charge < -0.3 is 19.3 Å². The Hall–Kier alpha value is -1.38. The van der Waals surface area contributed by atoms with Crippen LogP contribution in [0.15, 0.2) is 30.3 Å². The smallest absolute Gasteiger partial charge is 0.164 e. The zero-order valence-corrected chi connectivity index (χ0v) is 12.5. The van der Waals surface area contributed by atoms with Gasteiger partial charge in [0, 0.05) is 6.42 Å². The fraction of sp³-hybridized carbons (Fsp3) is 0.529. The van der Waals surface area contributed by atoms with E-state index in [1.165, 1.54) is 0 Å². The molecule has 1 fully saturated rings. The first-order valence-corrected chi connectivity index (χ1v) is 7.10. The zero-order chi connectivity index (χ0) is 15.3. The summed E-state index contributed by atoms with van der Waals surface area (Å²) in [5, 5.41) is 10.1. The van der Waals surface area contributed by atoms with Gasteiger partial charge in [0.25, 0.3) is 0 Å². The Morgan fingerprint density at radius 1 is 1.33 bits per heavy atom. The van der Waals surface area contributed by atoms with Gasteiger partial charge in [-0.25, -0.2) is 0 Å². The number of hydrogen-bond acceptors (Lipinski definition) is 4. The van der Waals surface area contributed by atoms with Crippen molar-refractivity contribution < 1.29 is 19.3 Å². The molecule has 0 aromatic heterocycles. The molecule has 0 aliphatic carbocycles. The van der Waals surface area contributed by atoms with Crippen LogP contribution in [0.5, 0.6) is 0 Å². The Morgan fingerprint density at radius 2 is 2.05 bits per heavy atom. The van der Waals surface area contributed by atoms with E-state index in [-0.39, 0.29) is 12.5 Å². The minimum absolute atomic E-state index is 0.235. The normalized spacial score (nSPS) is 25.4. The van der Waals surface area contributed by atoms with E-state index in [4.69, 9.17) is 20.6 Å². The highest BCUT2D eigenvalue weighted by atomic mass is 16.8. The molecule has 114 valence electrons. The van der Waals surface area contributed by atoms with Crippen LogP contribution in [-0.2, 0) is 20.8 Å². The average molecular weight is 290 g/mol. The molecule has 3 atom stereocenters. The molecule has 1 aliphatic rings. The molecule has 0 radical (unpaired) electrons. The van der Waals surface area contributed by atoms with Gasteiger partial charge in [0.2, 0.25) is 0 Å². The third kappa shape index (κ3) is 4.55. The van der Waals surface area contributed by atoms with Crippen LogP contribution in [0.25, 0.3) is 0 Å². The van der Waals surface area contributed by atoms with Gasteiger partial charge in [-0.3, -0.25) is 0 Å². The van der Waals surface area contributed by atoms with Crippen LogP contribution in [0.2, 0.25) is 0 Å². The van der Waals surface area contributed by atoms with Gasteiger partial charge in [0.1, 0.15) is 12.2 Å². The van der Waals surface area contributed by atoms with Gasteiger partial charge in [-0.1, -0.05) is 30.3 Å². The van der Waals surface area contributed by atoms with Gasteiger partial charge in [-0.2, -0.15) is 0 Å². The summed E-state index contributed by atoms with van der Waals surface area (Å²) < 4.78 is 17.2. The lowest BCUT2D eigenvalue weighted by Gasteiger charge is -2.21. The molecule has 0 amide bonds. The summed E-state index contributed by atoms with van der Waals surface area (Å²) in [5.41, 5.74) is 1.09. The lowest BCUT2D eigenvalue weighted by atomic mass is 10.1. The fourth-order valence-electron chi connectivity index (χ4n) is 2.42. The summed E-state index contributed by atoms with van der Waals surface area (Å²) >= 11 is 0. The Morgan fingerprint density at radius 3 is 2.71 bits per heavy atom. The predicted molar refractivity (Wildman–Crippen MR) is 79.4 cm³/mol. The molecule has 0 spiro atoms. The van der Waals surface area contributed by atoms with Crippen molar-refractivity contribution in [3.63, 3.8) is 0 Å². The maximum Gasteiger partial charge on any atom is 0.164 e. The van der Waals surface area contributed by atoms with Crippen molar-refractivity contribution in [2.24, 2.45) is 0 Å². The molecule has 1 aromatic rings. The minimum atomic E-state index is -0.748. The van der Waals surface area contributed by atoms with Crippen LogP contribution in [0.3, 0.4) is 0 Å². The molecule has 21 heavy (non-hydrogen) atoms. The van der Waals surface area contributed by atoms with Crippen LogP contribution in [0.4, 0.5) is 0 Å². The molecule has 1 aromatic carbocycles. The number of aliphatic hydroxyl groups is 1. The summed E-state index contributed by atoms with van der Waals surface area (Å²) in [6.45, 7) is 4.49. The minimum Gasteiger partial charge on any atom is -0.389 e. The first kappa shape index (κ1) is 16.0. The second-order valence-electron chi connectivity index (χ2n) is 5.61. The second kappa shape index (κ2) is 7.06. The van der Waals surface area contributed by atoms with E-state index in [9.17, 15) is 5.11 Å². The van der Waals surface area contributed by atoms with E-state index in [2.05, 4.69) is 5.92 Å². The molecule has 4 heteroatoms. The highest BCUT2D eigenvalue weighted by molar-refractivity contribution is 5.13. The Kier molecular flexibility index (Phi) is 5.38. The largest absolute Gasteiger partial charge is 0.389 e. The molecule has 2 rings (SSSR count). The highest BCUT2D eigenvalue weighted by Gasteiger charge is 2.44. The van der Waals surface area contributed by atoms with Crippen LogP contribution >= 0.6 is 0 Å². The molecule has 1 saturated heterocycles. The van der Waals surface area contributed by atoms with Crippen molar-refractivity contribution in [3.8, 4) is 12.3 Å². The van der Waals surface area contributed by atoms with Gasteiger partial charge >= 0.3 is 0 Å². The molecule has 0 saturated carbocycles. The number of aliphatic hydroxyl groups excluding tert-OH is 1. The van der Waals surface area contributed by atoms with Crippen LogP contribution in [0.1, 0.15) is 25.8 Å². The first-order chi connectivity index (χ1) is 10.0. The number of hydrogen-bond donors (Lipinski definition) is 1. The lowest BCUT2D eigenvalue weighted by Crippen LogP contribution is -2.37. The SMILES string of the molecule is C#CC[C@@H](O)[C@H]1OC(C)(C)O[C@@H]1COCc1ccccc1. The number of terminal acetylenes is 1. The molecular formula is C17H22O4. The number of rotatable bonds is 6. The summed E-state index contributed by atoms with van der Waals surface area (Å²) in [6, 6.07) is 9.90. The van der Waals surface area contributed by atoms with Crippen molar-refractivity contribution >= 4 is 0 Å². The average Bonchev–Trinajstić information content (AvgIpc) is 2.76. The molecule has 0 unspecified atom stereocenters. The van der Waals surface area contributed by atoms with Gasteiger partial charge in [0.15, 0.2) is 5.79 Å². The van der Waals surface area contributed by atoms with Gasteiger partial charge in [-0.05, 0) is 19.4 Å². The van der Waals surface area contributed by atoms with Gasteiger partial charge in [0.05, 0.1) is 19.3 Å². The van der Waals surface area contributed by atoms with E-state index < -0.39 is 18.0 Å². The summed E-state index contributed by atoms with van der Waals surface area (Å²) in [6.07, 6.45) is 3.94. The van der Waals surface area contributed by atoms with E-state index in [0.29, 0.717) is 13.2 Å². The molecule has 1 aliphatic heterocycles. The summed E-state index contributed by atoms with van der Waals surface area (Å²) in [7, 11) is 0. The maximum absolute atomic E-state index is 10.1. The van der Waals surface area contributed by atoms with Crippen LogP contribution in [0, 0.1) is 12.3 Å². The van der Waals surface area contributed by atoms with Crippen molar-refractivity contribution in [2.75, 3.05) is 6.61 Å². The first-order valence-electron chi connectivity index (χ1n) is 7.10. The quantitative estimate of drug-likeness (QED) is 0.815. The fourth-order valence-corrected chi connectivity index (χ4v) is 2.42. The molecule has 4 nitrogen and oxygen atoms in total. The highest BCUT2D eigenvalue weighted by Crippen LogP contribution is 2.31. The van der Waals surface area contributed by atoms with E-state index >= 15 is 0 Å². The van der Waals surface area contributed by atoms with Crippen molar-refractivity contribution in [2.45, 2.75) is 51.0 Å². The zero-order valence-electron chi connectivity index (χ0n) is 12.5. The third-order valence-electron chi connectivity index (χ3n) is 3.32. The number of benzene rings is 1. The van der Waals surface area contributed by atoms with E-state index in [0.717, 1.165) is 5.56 Å². The molecular weight excluding hydrogens is 268 g/mol. The number of ether oxygens (including phenoxy) is 3. The molecule has 1 N–H and O–H groups in total. The van der Waals surface area contributed by atoms with Crippen molar-refractivity contribution in [1.82, 2.24) is 0 Å². The second-order valence-corrected chi connectivity index (χ2v) is 5.61. The monoisotopic (exact) mass is 290 g/mol. The Bertz CT molecular complexity index is 477. The molecule has 1 heterocycles. The third-order valence-corrected chi connectivity index (χ3v) is 3.32. The maximum atomic E-state index is 10.1. The standard InChI is InChI=1S/C17H22O4/c1-4-8-14(18)16-15(20-17(2,3)21-16)12-19-11-13-9-6-5-7-10-13/h1,5-7,9-10,14-16,18H,8,11-12H2,2-3H3/t14-,15-,16-/m1/s1. The molecule has 0 bridgehead atoms. The van der Waals surface area contributed by atoms with Crippen molar-refractivity contribution in [1.29, 1.82) is 0 Å². The van der Waals surface area contributed by atoms with E-state index in [1.54, 1.807) is 0 Å². The Balaban J connectivity index is 1.89. The topological polar surface area (TPSA) is 47.9 Å². The summed E-state index contributed by atoms with van der Waals surface area (Å²) in [4.78, 5) is 0.